The number of ether oxygens (including phenoxy) is 1. The average molecular weight is 463 g/mol. The van der Waals surface area contributed by atoms with Crippen molar-refractivity contribution in [2.45, 2.75) is 36.0 Å². The summed E-state index contributed by atoms with van der Waals surface area (Å²) in [5, 5.41) is 29.7. The molecule has 1 aliphatic rings. The topological polar surface area (TPSA) is 93.5 Å². The van der Waals surface area contributed by atoms with E-state index in [1.807, 2.05) is 60.7 Å². The number of nitriles is 3. The predicted octanol–water partition coefficient (Wildman–Crippen LogP) is 6.67. The molecule has 0 aliphatic heterocycles. The van der Waals surface area contributed by atoms with Gasteiger partial charge >= 0.3 is 0 Å². The molecule has 166 valence electrons. The molecule has 0 amide bonds. The zero-order valence-corrected chi connectivity index (χ0v) is 19.6. The highest BCUT2D eigenvalue weighted by atomic mass is 32.2. The van der Waals surface area contributed by atoms with Crippen LogP contribution in [0.4, 0.5) is 0 Å². The zero-order valence-electron chi connectivity index (χ0n) is 18.8. The molecular formula is C28H22N4OS. The first kappa shape index (κ1) is 23.1. The fraction of sp³-hybridized carbons (Fsp3) is 0.214. The van der Waals surface area contributed by atoms with Crippen molar-refractivity contribution in [1.29, 1.82) is 15.8 Å². The van der Waals surface area contributed by atoms with E-state index in [4.69, 9.17) is 9.72 Å². The van der Waals surface area contributed by atoms with Gasteiger partial charge in [0.05, 0.1) is 18.4 Å². The first-order valence-corrected chi connectivity index (χ1v) is 11.9. The Morgan fingerprint density at radius 3 is 2.35 bits per heavy atom. The minimum atomic E-state index is -0.0580. The molecule has 2 aromatic carbocycles. The highest BCUT2D eigenvalue weighted by molar-refractivity contribution is 8.00. The van der Waals surface area contributed by atoms with E-state index in [0.29, 0.717) is 10.6 Å². The van der Waals surface area contributed by atoms with E-state index in [1.54, 1.807) is 7.11 Å². The van der Waals surface area contributed by atoms with Crippen molar-refractivity contribution in [3.8, 4) is 46.3 Å². The fourth-order valence-electron chi connectivity index (χ4n) is 4.17. The van der Waals surface area contributed by atoms with E-state index in [1.165, 1.54) is 11.8 Å². The molecule has 0 radical (unpaired) electrons. The van der Waals surface area contributed by atoms with Crippen LogP contribution in [0.5, 0.6) is 5.75 Å². The number of thioether (sulfide) groups is 1. The molecule has 34 heavy (non-hydrogen) atoms. The minimum Gasteiger partial charge on any atom is -0.497 e. The van der Waals surface area contributed by atoms with Gasteiger partial charge in [-0.05, 0) is 60.7 Å². The quantitative estimate of drug-likeness (QED) is 0.393. The van der Waals surface area contributed by atoms with Gasteiger partial charge in [0.15, 0.2) is 0 Å². The van der Waals surface area contributed by atoms with Crippen molar-refractivity contribution in [2.24, 2.45) is 0 Å². The standard InChI is InChI=1S/C28H22N4OS/c1-33-22-13-11-20(12-14-22)26-15-24(19-7-3-2-4-8-19)25(18-31)28(32-26)34-27-10-6-5-9-23(27)21(16-29)17-30/h2-4,7-8,11-15,27H,5-6,9-10H2,1H3. The van der Waals surface area contributed by atoms with Crippen molar-refractivity contribution in [3.63, 3.8) is 0 Å². The minimum absolute atomic E-state index is 0.0580. The van der Waals surface area contributed by atoms with E-state index in [0.717, 1.165) is 59.4 Å². The van der Waals surface area contributed by atoms with Crippen LogP contribution in [-0.2, 0) is 0 Å². The van der Waals surface area contributed by atoms with Crippen LogP contribution in [0.3, 0.4) is 0 Å². The first-order chi connectivity index (χ1) is 16.7. The zero-order chi connectivity index (χ0) is 23.9. The molecule has 0 bridgehead atoms. The summed E-state index contributed by atoms with van der Waals surface area (Å²) in [5.74, 6) is 0.757. The lowest BCUT2D eigenvalue weighted by atomic mass is 9.91. The second-order valence-electron chi connectivity index (χ2n) is 7.92. The van der Waals surface area contributed by atoms with Crippen molar-refractivity contribution in [1.82, 2.24) is 4.98 Å². The van der Waals surface area contributed by atoms with Crippen LogP contribution in [0.1, 0.15) is 31.2 Å². The summed E-state index contributed by atoms with van der Waals surface area (Å²) < 4.78 is 5.29. The third-order valence-electron chi connectivity index (χ3n) is 5.92. The highest BCUT2D eigenvalue weighted by Gasteiger charge is 2.26. The van der Waals surface area contributed by atoms with Gasteiger partial charge < -0.3 is 4.74 Å². The Hall–Kier alpha value is -4.05. The van der Waals surface area contributed by atoms with Gasteiger partial charge in [0.25, 0.3) is 0 Å². The molecule has 0 saturated heterocycles. The third-order valence-corrected chi connectivity index (χ3v) is 7.24. The number of aromatic nitrogens is 1. The molecule has 1 saturated carbocycles. The van der Waals surface area contributed by atoms with Crippen molar-refractivity contribution >= 4 is 11.8 Å². The molecule has 1 heterocycles. The Morgan fingerprint density at radius 2 is 1.71 bits per heavy atom. The summed E-state index contributed by atoms with van der Waals surface area (Å²) >= 11 is 1.49. The van der Waals surface area contributed by atoms with Crippen LogP contribution >= 0.6 is 11.8 Å². The summed E-state index contributed by atoms with van der Waals surface area (Å²) in [4.78, 5) is 4.91. The Bertz CT molecular complexity index is 1330. The van der Waals surface area contributed by atoms with Crippen molar-refractivity contribution < 1.29 is 4.74 Å². The van der Waals surface area contributed by atoms with Crippen LogP contribution in [0, 0.1) is 34.0 Å². The number of allylic oxidation sites excluding steroid dienone is 1. The molecule has 6 heteroatoms. The summed E-state index contributed by atoms with van der Waals surface area (Å²) in [5.41, 5.74) is 4.98. The maximum Gasteiger partial charge on any atom is 0.130 e. The van der Waals surface area contributed by atoms with Crippen molar-refractivity contribution in [3.05, 3.63) is 77.4 Å². The van der Waals surface area contributed by atoms with E-state index in [2.05, 4.69) is 18.2 Å². The molecule has 1 fully saturated rings. The monoisotopic (exact) mass is 462 g/mol. The number of hydrogen-bond donors (Lipinski definition) is 0. The van der Waals surface area contributed by atoms with E-state index in [-0.39, 0.29) is 10.8 Å². The van der Waals surface area contributed by atoms with Crippen LogP contribution in [0.25, 0.3) is 22.4 Å². The fourth-order valence-corrected chi connectivity index (χ4v) is 5.53. The Balaban J connectivity index is 1.87. The smallest absolute Gasteiger partial charge is 0.130 e. The van der Waals surface area contributed by atoms with Gasteiger partial charge in [-0.3, -0.25) is 0 Å². The van der Waals surface area contributed by atoms with Crippen LogP contribution in [-0.4, -0.2) is 17.3 Å². The van der Waals surface area contributed by atoms with E-state index in [9.17, 15) is 15.8 Å². The number of pyridine rings is 1. The number of nitrogens with zero attached hydrogens (tertiary/aromatic N) is 4. The predicted molar refractivity (Wildman–Crippen MR) is 133 cm³/mol. The molecule has 1 aromatic heterocycles. The number of rotatable bonds is 5. The second kappa shape index (κ2) is 10.7. The summed E-state index contributed by atoms with van der Waals surface area (Å²) in [6.45, 7) is 0. The lowest BCUT2D eigenvalue weighted by molar-refractivity contribution is 0.415. The molecule has 1 aliphatic carbocycles. The summed E-state index contributed by atoms with van der Waals surface area (Å²) in [6.07, 6.45) is 3.53. The van der Waals surface area contributed by atoms with E-state index >= 15 is 0 Å². The van der Waals surface area contributed by atoms with Gasteiger partial charge in [-0.25, -0.2) is 4.98 Å². The maximum absolute atomic E-state index is 10.2. The van der Waals surface area contributed by atoms with Crippen LogP contribution in [0.15, 0.2) is 76.8 Å². The lowest BCUT2D eigenvalue weighted by Gasteiger charge is -2.25. The normalized spacial score (nSPS) is 15.0. The molecule has 0 N–H and O–H groups in total. The van der Waals surface area contributed by atoms with E-state index < -0.39 is 0 Å². The molecule has 3 aromatic rings. The molecule has 1 unspecified atom stereocenters. The van der Waals surface area contributed by atoms with Gasteiger partial charge in [0.2, 0.25) is 0 Å². The van der Waals surface area contributed by atoms with Gasteiger partial charge in [-0.15, -0.1) is 0 Å². The van der Waals surface area contributed by atoms with Gasteiger partial charge in [0.1, 0.15) is 34.6 Å². The van der Waals surface area contributed by atoms with Crippen molar-refractivity contribution in [2.75, 3.05) is 7.11 Å². The number of hydrogen-bond acceptors (Lipinski definition) is 6. The Labute approximate surface area is 203 Å². The Morgan fingerprint density at radius 1 is 0.971 bits per heavy atom. The summed E-state index contributed by atoms with van der Waals surface area (Å²) in [7, 11) is 1.63. The average Bonchev–Trinajstić information content (AvgIpc) is 2.90. The SMILES string of the molecule is COc1ccc(-c2cc(-c3ccccc3)c(C#N)c(SC3CCCCC3=C(C#N)C#N)n2)cc1. The third kappa shape index (κ3) is 4.81. The van der Waals surface area contributed by atoms with Crippen LogP contribution in [0.2, 0.25) is 0 Å². The number of methoxy groups -OCH3 is 1. The second-order valence-corrected chi connectivity index (χ2v) is 9.11. The Kier molecular flexibility index (Phi) is 7.28. The molecule has 5 nitrogen and oxygen atoms in total. The lowest BCUT2D eigenvalue weighted by Crippen LogP contribution is -2.15. The first-order valence-electron chi connectivity index (χ1n) is 11.0. The molecular weight excluding hydrogens is 440 g/mol. The van der Waals surface area contributed by atoms with Gasteiger partial charge in [-0.1, -0.05) is 48.5 Å². The van der Waals surface area contributed by atoms with Gasteiger partial charge in [-0.2, -0.15) is 15.8 Å². The number of benzene rings is 2. The maximum atomic E-state index is 10.2. The molecule has 1 atom stereocenters. The largest absolute Gasteiger partial charge is 0.497 e. The summed E-state index contributed by atoms with van der Waals surface area (Å²) in [6, 6.07) is 25.9. The van der Waals surface area contributed by atoms with Crippen LogP contribution < -0.4 is 4.74 Å². The van der Waals surface area contributed by atoms with Gasteiger partial charge in [0, 0.05) is 16.4 Å². The molecule has 0 spiro atoms. The molecule has 4 rings (SSSR count). The highest BCUT2D eigenvalue weighted by Crippen LogP contribution is 2.42.